The normalized spacial score (nSPS) is 13.0. The van der Waals surface area contributed by atoms with Crippen molar-refractivity contribution in [2.75, 3.05) is 6.61 Å². The molecule has 0 radical (unpaired) electrons. The van der Waals surface area contributed by atoms with Crippen LogP contribution in [0.1, 0.15) is 13.0 Å². The van der Waals surface area contributed by atoms with Crippen LogP contribution in [0, 0.1) is 0 Å². The Morgan fingerprint density at radius 3 is 3.16 bits per heavy atom. The van der Waals surface area contributed by atoms with Crippen LogP contribution in [0.3, 0.4) is 0 Å². The highest BCUT2D eigenvalue weighted by Gasteiger charge is 2.15. The maximum Gasteiger partial charge on any atom is 0.138 e. The first-order valence-corrected chi connectivity index (χ1v) is 6.23. The van der Waals surface area contributed by atoms with E-state index in [9.17, 15) is 0 Å². The molecule has 19 heavy (non-hydrogen) atoms. The lowest BCUT2D eigenvalue weighted by Gasteiger charge is -2.05. The average Bonchev–Trinajstić information content (AvgIpc) is 3.06. The van der Waals surface area contributed by atoms with Crippen molar-refractivity contribution in [1.82, 2.24) is 25.0 Å². The first kappa shape index (κ1) is 12.1. The highest BCUT2D eigenvalue weighted by Crippen LogP contribution is 2.32. The summed E-state index contributed by atoms with van der Waals surface area (Å²) in [4.78, 5) is 7.24. The molecule has 0 bridgehead atoms. The molecule has 0 saturated heterocycles. The maximum absolute atomic E-state index is 9.13. The monoisotopic (exact) mass is 277 g/mol. The number of H-pyrrole nitrogens is 1. The van der Waals surface area contributed by atoms with E-state index in [1.807, 2.05) is 13.0 Å². The van der Waals surface area contributed by atoms with Gasteiger partial charge in [-0.05, 0) is 13.0 Å². The second kappa shape index (κ2) is 4.64. The average molecular weight is 278 g/mol. The molecule has 0 fully saturated rings. The topological polar surface area (TPSA) is 79.6 Å². The highest BCUT2D eigenvalue weighted by molar-refractivity contribution is 6.34. The van der Waals surface area contributed by atoms with Gasteiger partial charge in [-0.25, -0.2) is 9.67 Å². The number of aromatic nitrogens is 5. The van der Waals surface area contributed by atoms with Crippen LogP contribution in [0.5, 0.6) is 0 Å². The molecule has 7 heteroatoms. The Bertz CT molecular complexity index is 720. The fourth-order valence-electron chi connectivity index (χ4n) is 1.93. The number of nitrogens with zero attached hydrogens (tertiary/aromatic N) is 4. The summed E-state index contributed by atoms with van der Waals surface area (Å²) in [5.74, 6) is 0. The van der Waals surface area contributed by atoms with Crippen molar-refractivity contribution < 1.29 is 5.11 Å². The number of hydrogen-bond donors (Lipinski definition) is 2. The largest absolute Gasteiger partial charge is 0.394 e. The summed E-state index contributed by atoms with van der Waals surface area (Å²) < 4.78 is 1.62. The van der Waals surface area contributed by atoms with E-state index in [2.05, 4.69) is 20.3 Å². The van der Waals surface area contributed by atoms with Crippen LogP contribution < -0.4 is 0 Å². The van der Waals surface area contributed by atoms with Gasteiger partial charge in [0.25, 0.3) is 0 Å². The van der Waals surface area contributed by atoms with E-state index in [4.69, 9.17) is 16.7 Å². The van der Waals surface area contributed by atoms with Gasteiger partial charge in [-0.15, -0.1) is 5.10 Å². The lowest BCUT2D eigenvalue weighted by atomic mass is 10.1. The minimum atomic E-state index is -0.122. The Kier molecular flexibility index (Phi) is 2.96. The summed E-state index contributed by atoms with van der Waals surface area (Å²) in [6, 6.07) is 1.78. The standard InChI is InChI=1S/C12H12ClN5O/c1-7(6-19)18-5-10(16-17-18)11-8-2-3-14-12(8)15-4-9(11)13/h2-5,7,19H,6H2,1H3,(H,14,15)/t7-/m0/s1. The molecule has 1 atom stereocenters. The van der Waals surface area contributed by atoms with Gasteiger partial charge < -0.3 is 10.1 Å². The molecule has 3 rings (SSSR count). The molecule has 0 aliphatic heterocycles. The van der Waals surface area contributed by atoms with Crippen LogP contribution >= 0.6 is 11.6 Å². The Balaban J connectivity index is 2.16. The van der Waals surface area contributed by atoms with Gasteiger partial charge >= 0.3 is 0 Å². The maximum atomic E-state index is 9.13. The number of aliphatic hydroxyl groups excluding tert-OH is 1. The number of aromatic amines is 1. The van der Waals surface area contributed by atoms with Crippen LogP contribution in [0.15, 0.2) is 24.7 Å². The number of fused-ring (bicyclic) bond motifs is 1. The molecule has 98 valence electrons. The fraction of sp³-hybridized carbons (Fsp3) is 0.250. The molecule has 0 saturated carbocycles. The summed E-state index contributed by atoms with van der Waals surface area (Å²) >= 11 is 6.21. The Morgan fingerprint density at radius 1 is 1.53 bits per heavy atom. The zero-order chi connectivity index (χ0) is 13.4. The summed E-state index contributed by atoms with van der Waals surface area (Å²) in [7, 11) is 0. The first-order chi connectivity index (χ1) is 9.20. The summed E-state index contributed by atoms with van der Waals surface area (Å²) in [6.45, 7) is 1.87. The molecular formula is C12H12ClN5O. The summed E-state index contributed by atoms with van der Waals surface area (Å²) in [6.07, 6.45) is 5.16. The molecular weight excluding hydrogens is 266 g/mol. The Labute approximate surface area is 114 Å². The van der Waals surface area contributed by atoms with Crippen LogP contribution in [-0.2, 0) is 0 Å². The quantitative estimate of drug-likeness (QED) is 0.768. The second-order valence-electron chi connectivity index (χ2n) is 4.34. The van der Waals surface area contributed by atoms with E-state index < -0.39 is 0 Å². The summed E-state index contributed by atoms with van der Waals surface area (Å²) in [5.41, 5.74) is 2.21. The van der Waals surface area contributed by atoms with E-state index in [1.54, 1.807) is 23.3 Å². The van der Waals surface area contributed by atoms with E-state index in [1.165, 1.54) is 0 Å². The Hall–Kier alpha value is -1.92. The minimum Gasteiger partial charge on any atom is -0.394 e. The van der Waals surface area contributed by atoms with Crippen molar-refractivity contribution in [2.24, 2.45) is 0 Å². The van der Waals surface area contributed by atoms with Gasteiger partial charge in [0.2, 0.25) is 0 Å². The van der Waals surface area contributed by atoms with E-state index in [0.29, 0.717) is 10.7 Å². The van der Waals surface area contributed by atoms with Crippen LogP contribution in [0.25, 0.3) is 22.3 Å². The molecule has 2 N–H and O–H groups in total. The van der Waals surface area contributed by atoms with Gasteiger partial charge in [0.1, 0.15) is 11.3 Å². The number of hydrogen-bond acceptors (Lipinski definition) is 4. The molecule has 6 nitrogen and oxygen atoms in total. The first-order valence-electron chi connectivity index (χ1n) is 5.85. The fourth-order valence-corrected chi connectivity index (χ4v) is 2.18. The van der Waals surface area contributed by atoms with Gasteiger partial charge in [0.05, 0.1) is 23.9 Å². The van der Waals surface area contributed by atoms with Crippen LogP contribution in [0.4, 0.5) is 0 Å². The third kappa shape index (κ3) is 1.98. The predicted octanol–water partition coefficient (Wildman–Crippen LogP) is 2.03. The molecule has 0 aromatic carbocycles. The molecule has 0 unspecified atom stereocenters. The van der Waals surface area contributed by atoms with Gasteiger partial charge in [0, 0.05) is 23.3 Å². The molecule has 3 aromatic rings. The highest BCUT2D eigenvalue weighted by atomic mass is 35.5. The van der Waals surface area contributed by atoms with Crippen LogP contribution in [0.2, 0.25) is 5.02 Å². The molecule has 0 spiro atoms. The predicted molar refractivity (Wildman–Crippen MR) is 71.9 cm³/mol. The third-order valence-electron chi connectivity index (χ3n) is 3.02. The van der Waals surface area contributed by atoms with Crippen molar-refractivity contribution in [2.45, 2.75) is 13.0 Å². The number of aliphatic hydroxyl groups is 1. The number of rotatable bonds is 3. The van der Waals surface area contributed by atoms with Crippen molar-refractivity contribution in [3.63, 3.8) is 0 Å². The van der Waals surface area contributed by atoms with E-state index >= 15 is 0 Å². The van der Waals surface area contributed by atoms with E-state index in [0.717, 1.165) is 16.6 Å². The van der Waals surface area contributed by atoms with Gasteiger partial charge in [0.15, 0.2) is 0 Å². The van der Waals surface area contributed by atoms with Gasteiger partial charge in [-0.1, -0.05) is 16.8 Å². The molecule has 3 aromatic heterocycles. The zero-order valence-corrected chi connectivity index (χ0v) is 11.0. The summed E-state index contributed by atoms with van der Waals surface area (Å²) in [5, 5.41) is 18.7. The van der Waals surface area contributed by atoms with Crippen molar-refractivity contribution in [1.29, 1.82) is 0 Å². The molecule has 0 amide bonds. The molecule has 0 aliphatic carbocycles. The smallest absolute Gasteiger partial charge is 0.138 e. The van der Waals surface area contributed by atoms with E-state index in [-0.39, 0.29) is 12.6 Å². The van der Waals surface area contributed by atoms with Crippen molar-refractivity contribution >= 4 is 22.6 Å². The van der Waals surface area contributed by atoms with Crippen LogP contribution in [-0.4, -0.2) is 36.7 Å². The second-order valence-corrected chi connectivity index (χ2v) is 4.74. The lowest BCUT2D eigenvalue weighted by molar-refractivity contribution is 0.228. The van der Waals surface area contributed by atoms with Crippen molar-refractivity contribution in [3.05, 3.63) is 29.7 Å². The number of pyridine rings is 1. The van der Waals surface area contributed by atoms with Crippen molar-refractivity contribution in [3.8, 4) is 11.3 Å². The zero-order valence-electron chi connectivity index (χ0n) is 10.2. The molecule has 0 aliphatic rings. The van der Waals surface area contributed by atoms with Gasteiger partial charge in [-0.3, -0.25) is 0 Å². The Morgan fingerprint density at radius 2 is 2.37 bits per heavy atom. The van der Waals surface area contributed by atoms with Gasteiger partial charge in [-0.2, -0.15) is 0 Å². The lowest BCUT2D eigenvalue weighted by Crippen LogP contribution is -2.09. The SMILES string of the molecule is C[C@@H](CO)n1cc(-c2c(Cl)cnc3[nH]ccc23)nn1. The third-order valence-corrected chi connectivity index (χ3v) is 3.31. The number of nitrogens with one attached hydrogen (secondary N) is 1. The number of halogens is 1. The minimum absolute atomic E-state index is 0.00639. The molecule has 3 heterocycles.